The fourth-order valence-corrected chi connectivity index (χ4v) is 2.60. The van der Waals surface area contributed by atoms with Gasteiger partial charge in [0.1, 0.15) is 0 Å². The Kier molecular flexibility index (Phi) is 3.57. The van der Waals surface area contributed by atoms with Gasteiger partial charge in [-0.3, -0.25) is 0 Å². The van der Waals surface area contributed by atoms with Gasteiger partial charge in [0.15, 0.2) is 0 Å². The minimum atomic E-state index is -0.818. The Labute approximate surface area is 109 Å². The summed E-state index contributed by atoms with van der Waals surface area (Å²) in [5.41, 5.74) is 7.71. The first-order valence-corrected chi connectivity index (χ1v) is 6.40. The number of amides is 1. The van der Waals surface area contributed by atoms with Crippen LogP contribution in [0.4, 0.5) is 10.5 Å². The monoisotopic (exact) mass is 298 g/mol. The minimum Gasteiger partial charge on any atom is -0.465 e. The number of carbonyl (C=O) groups is 1. The van der Waals surface area contributed by atoms with Crippen molar-refractivity contribution in [3.63, 3.8) is 0 Å². The molecule has 1 aliphatic heterocycles. The fraction of sp³-hybridized carbons (Fsp3) is 0.417. The zero-order chi connectivity index (χ0) is 12.4. The van der Waals surface area contributed by atoms with Crippen LogP contribution >= 0.6 is 15.9 Å². The summed E-state index contributed by atoms with van der Waals surface area (Å²) in [5.74, 6) is 0.433. The van der Waals surface area contributed by atoms with Crippen LogP contribution in [0.1, 0.15) is 24.3 Å². The second kappa shape index (κ2) is 4.96. The number of rotatable bonds is 1. The van der Waals surface area contributed by atoms with Crippen LogP contribution in [0.25, 0.3) is 0 Å². The molecule has 3 N–H and O–H groups in total. The molecule has 0 saturated carbocycles. The van der Waals surface area contributed by atoms with E-state index in [2.05, 4.69) is 15.9 Å². The SMILES string of the molecule is Nc1ccc(C2CCN(C(=O)O)CC2)cc1Br. The number of benzene rings is 1. The number of carboxylic acid groups (broad SMARTS) is 1. The molecule has 1 fully saturated rings. The van der Waals surface area contributed by atoms with Crippen LogP contribution in [0.3, 0.4) is 0 Å². The number of hydrogen-bond acceptors (Lipinski definition) is 2. The molecule has 5 heteroatoms. The maximum absolute atomic E-state index is 10.8. The Balaban J connectivity index is 2.05. The van der Waals surface area contributed by atoms with Crippen LogP contribution in [0.15, 0.2) is 22.7 Å². The topological polar surface area (TPSA) is 66.6 Å². The van der Waals surface area contributed by atoms with Crippen LogP contribution in [0.5, 0.6) is 0 Å². The van der Waals surface area contributed by atoms with Crippen LogP contribution in [-0.2, 0) is 0 Å². The van der Waals surface area contributed by atoms with Crippen molar-refractivity contribution in [1.29, 1.82) is 0 Å². The largest absolute Gasteiger partial charge is 0.465 e. The van der Waals surface area contributed by atoms with Crippen LogP contribution in [0.2, 0.25) is 0 Å². The molecule has 1 aromatic rings. The van der Waals surface area contributed by atoms with E-state index < -0.39 is 6.09 Å². The van der Waals surface area contributed by atoms with Gasteiger partial charge in [0.2, 0.25) is 0 Å². The molecule has 0 radical (unpaired) electrons. The van der Waals surface area contributed by atoms with E-state index >= 15 is 0 Å². The van der Waals surface area contributed by atoms with E-state index in [1.807, 2.05) is 18.2 Å². The molecule has 2 rings (SSSR count). The van der Waals surface area contributed by atoms with E-state index in [9.17, 15) is 4.79 Å². The maximum atomic E-state index is 10.8. The first kappa shape index (κ1) is 12.2. The van der Waals surface area contributed by atoms with Gasteiger partial charge < -0.3 is 15.7 Å². The lowest BCUT2D eigenvalue weighted by Gasteiger charge is -2.30. The highest BCUT2D eigenvalue weighted by molar-refractivity contribution is 9.10. The molecule has 0 bridgehead atoms. The molecular weight excluding hydrogens is 284 g/mol. The average Bonchev–Trinajstić information content (AvgIpc) is 2.33. The Morgan fingerprint density at radius 1 is 1.41 bits per heavy atom. The molecule has 0 atom stereocenters. The number of likely N-dealkylation sites (tertiary alicyclic amines) is 1. The molecule has 0 spiro atoms. The zero-order valence-corrected chi connectivity index (χ0v) is 11.0. The zero-order valence-electron chi connectivity index (χ0n) is 9.40. The third kappa shape index (κ3) is 2.72. The summed E-state index contributed by atoms with van der Waals surface area (Å²) in [7, 11) is 0. The summed E-state index contributed by atoms with van der Waals surface area (Å²) in [6.45, 7) is 1.23. The van der Waals surface area contributed by atoms with Gasteiger partial charge in [0.25, 0.3) is 0 Å². The molecule has 17 heavy (non-hydrogen) atoms. The number of nitrogen functional groups attached to an aromatic ring is 1. The van der Waals surface area contributed by atoms with Crippen molar-refractivity contribution >= 4 is 27.7 Å². The highest BCUT2D eigenvalue weighted by Crippen LogP contribution is 2.31. The minimum absolute atomic E-state index is 0.433. The summed E-state index contributed by atoms with van der Waals surface area (Å²) >= 11 is 3.42. The smallest absolute Gasteiger partial charge is 0.407 e. The van der Waals surface area contributed by atoms with Crippen LogP contribution in [-0.4, -0.2) is 29.2 Å². The highest BCUT2D eigenvalue weighted by atomic mass is 79.9. The van der Waals surface area contributed by atoms with Gasteiger partial charge in [0.05, 0.1) is 0 Å². The lowest BCUT2D eigenvalue weighted by molar-refractivity contribution is 0.132. The Bertz CT molecular complexity index is 429. The number of anilines is 1. The summed E-state index contributed by atoms with van der Waals surface area (Å²) < 4.78 is 0.913. The molecule has 1 amide bonds. The Hall–Kier alpha value is -1.23. The van der Waals surface area contributed by atoms with Gasteiger partial charge in [-0.1, -0.05) is 6.07 Å². The molecule has 0 aromatic heterocycles. The predicted octanol–water partition coefficient (Wildman–Crippen LogP) is 2.89. The fourth-order valence-electron chi connectivity index (χ4n) is 2.20. The highest BCUT2D eigenvalue weighted by Gasteiger charge is 2.23. The molecular formula is C12H15BrN2O2. The van der Waals surface area contributed by atoms with E-state index in [0.29, 0.717) is 19.0 Å². The van der Waals surface area contributed by atoms with Crippen LogP contribution in [0, 0.1) is 0 Å². The van der Waals surface area contributed by atoms with Crippen molar-refractivity contribution in [2.45, 2.75) is 18.8 Å². The summed E-state index contributed by atoms with van der Waals surface area (Å²) in [5, 5.41) is 8.88. The van der Waals surface area contributed by atoms with Crippen molar-refractivity contribution < 1.29 is 9.90 Å². The molecule has 1 saturated heterocycles. The molecule has 1 heterocycles. The molecule has 92 valence electrons. The average molecular weight is 299 g/mol. The number of hydrogen-bond donors (Lipinski definition) is 2. The summed E-state index contributed by atoms with van der Waals surface area (Å²) in [6.07, 6.45) is 0.938. The first-order valence-electron chi connectivity index (χ1n) is 5.60. The second-order valence-corrected chi connectivity index (χ2v) is 5.18. The Morgan fingerprint density at radius 3 is 2.59 bits per heavy atom. The van der Waals surface area contributed by atoms with Crippen molar-refractivity contribution in [3.05, 3.63) is 28.2 Å². The molecule has 0 unspecified atom stereocenters. The lowest BCUT2D eigenvalue weighted by atomic mass is 9.89. The van der Waals surface area contributed by atoms with Gasteiger partial charge in [0, 0.05) is 23.2 Å². The number of halogens is 1. The van der Waals surface area contributed by atoms with Crippen molar-refractivity contribution in [2.24, 2.45) is 0 Å². The van der Waals surface area contributed by atoms with Gasteiger partial charge >= 0.3 is 6.09 Å². The third-order valence-corrected chi connectivity index (χ3v) is 3.95. The summed E-state index contributed by atoms with van der Waals surface area (Å²) in [4.78, 5) is 12.3. The van der Waals surface area contributed by atoms with Crippen LogP contribution < -0.4 is 5.73 Å². The number of nitrogens with zero attached hydrogens (tertiary/aromatic N) is 1. The molecule has 1 aliphatic rings. The molecule has 1 aromatic carbocycles. The molecule has 0 aliphatic carbocycles. The van der Waals surface area contributed by atoms with Gasteiger partial charge in [-0.05, 0) is 52.4 Å². The normalized spacial score (nSPS) is 17.1. The van der Waals surface area contributed by atoms with E-state index in [-0.39, 0.29) is 0 Å². The lowest BCUT2D eigenvalue weighted by Crippen LogP contribution is -2.36. The molecule has 4 nitrogen and oxygen atoms in total. The van der Waals surface area contributed by atoms with E-state index in [1.165, 1.54) is 10.5 Å². The van der Waals surface area contributed by atoms with E-state index in [0.717, 1.165) is 23.0 Å². The summed E-state index contributed by atoms with van der Waals surface area (Å²) in [6, 6.07) is 5.96. The van der Waals surface area contributed by atoms with Gasteiger partial charge in [-0.25, -0.2) is 4.79 Å². The predicted molar refractivity (Wildman–Crippen MR) is 70.1 cm³/mol. The number of nitrogens with two attached hydrogens (primary N) is 1. The van der Waals surface area contributed by atoms with Crippen molar-refractivity contribution in [3.8, 4) is 0 Å². The Morgan fingerprint density at radius 2 is 2.06 bits per heavy atom. The van der Waals surface area contributed by atoms with Gasteiger partial charge in [-0.15, -0.1) is 0 Å². The van der Waals surface area contributed by atoms with Crippen molar-refractivity contribution in [2.75, 3.05) is 18.8 Å². The number of piperidine rings is 1. The van der Waals surface area contributed by atoms with Gasteiger partial charge in [-0.2, -0.15) is 0 Å². The quantitative estimate of drug-likeness (QED) is 0.784. The maximum Gasteiger partial charge on any atom is 0.407 e. The third-order valence-electron chi connectivity index (χ3n) is 3.26. The standard InChI is InChI=1S/C12H15BrN2O2/c13-10-7-9(1-2-11(10)14)8-3-5-15(6-4-8)12(16)17/h1-2,7-8H,3-6,14H2,(H,16,17). The van der Waals surface area contributed by atoms with E-state index in [1.54, 1.807) is 0 Å². The second-order valence-electron chi connectivity index (χ2n) is 4.32. The van der Waals surface area contributed by atoms with E-state index in [4.69, 9.17) is 10.8 Å². The van der Waals surface area contributed by atoms with Crippen molar-refractivity contribution in [1.82, 2.24) is 4.90 Å². The first-order chi connectivity index (χ1) is 8.08.